The Morgan fingerprint density at radius 2 is 1.90 bits per heavy atom. The molecule has 0 bridgehead atoms. The Bertz CT molecular complexity index is 732. The lowest BCUT2D eigenvalue weighted by Gasteiger charge is -2.60. The number of hydrogen-bond acceptors (Lipinski definition) is 4. The van der Waals surface area contributed by atoms with Crippen LogP contribution in [-0.4, -0.2) is 35.4 Å². The largest absolute Gasteiger partial charge is 0.393 e. The van der Waals surface area contributed by atoms with E-state index in [1.165, 1.54) is 25.7 Å². The Morgan fingerprint density at radius 1 is 1.07 bits per heavy atom. The van der Waals surface area contributed by atoms with E-state index in [0.29, 0.717) is 41.3 Å². The summed E-state index contributed by atoms with van der Waals surface area (Å²) in [6.45, 7) is 8.22. The van der Waals surface area contributed by atoms with Crippen LogP contribution in [0.5, 0.6) is 0 Å². The van der Waals surface area contributed by atoms with E-state index in [2.05, 4.69) is 26.1 Å². The molecule has 2 N–H and O–H groups in total. The topological polar surface area (TPSA) is 58.6 Å². The minimum absolute atomic E-state index is 0.122. The number of carbonyl (C=O) groups is 1. The lowest BCUT2D eigenvalue weighted by atomic mass is 9.44. The molecule has 6 fully saturated rings. The lowest BCUT2D eigenvalue weighted by molar-refractivity contribution is -0.162. The third-order valence-electron chi connectivity index (χ3n) is 11.6. The van der Waals surface area contributed by atoms with Crippen molar-refractivity contribution in [1.29, 1.82) is 0 Å². The van der Waals surface area contributed by atoms with E-state index >= 15 is 0 Å². The van der Waals surface area contributed by atoms with Crippen LogP contribution < -0.4 is 5.32 Å². The zero-order chi connectivity index (χ0) is 20.9. The summed E-state index contributed by atoms with van der Waals surface area (Å²) in [5.74, 6) is 3.61. The van der Waals surface area contributed by atoms with Gasteiger partial charge in [0.1, 0.15) is 11.5 Å². The molecule has 6 aliphatic rings. The first-order valence-electron chi connectivity index (χ1n) is 12.9. The highest BCUT2D eigenvalue weighted by Gasteiger charge is 2.71. The first kappa shape index (κ1) is 20.2. The molecular weight excluding hydrogens is 374 g/mol. The summed E-state index contributed by atoms with van der Waals surface area (Å²) in [6.07, 6.45) is 11.0. The van der Waals surface area contributed by atoms with Crippen LogP contribution in [0.2, 0.25) is 0 Å². The van der Waals surface area contributed by atoms with Gasteiger partial charge in [0, 0.05) is 23.7 Å². The van der Waals surface area contributed by atoms with E-state index in [9.17, 15) is 9.90 Å². The van der Waals surface area contributed by atoms with Crippen LogP contribution in [0.4, 0.5) is 0 Å². The van der Waals surface area contributed by atoms with E-state index in [4.69, 9.17) is 4.74 Å². The van der Waals surface area contributed by atoms with Crippen molar-refractivity contribution in [3.05, 3.63) is 0 Å². The summed E-state index contributed by atoms with van der Waals surface area (Å²) in [7, 11) is 0. The molecule has 0 aromatic heterocycles. The van der Waals surface area contributed by atoms with Crippen molar-refractivity contribution in [1.82, 2.24) is 5.32 Å². The van der Waals surface area contributed by atoms with Crippen LogP contribution in [0.3, 0.4) is 0 Å². The van der Waals surface area contributed by atoms with Crippen molar-refractivity contribution >= 4 is 5.78 Å². The van der Waals surface area contributed by atoms with Gasteiger partial charge in [-0.3, -0.25) is 10.1 Å². The SMILES string of the molecule is C[C@H]1C2C(CC3C4CC[C@H]5C[C@@H](O)CC[C@]5(C)C4CC(=O)[C@@]32C)O[C@]12CCCCN2. The highest BCUT2D eigenvalue weighted by atomic mass is 16.5. The lowest BCUT2D eigenvalue weighted by Crippen LogP contribution is -2.59. The molecule has 1 spiro atoms. The Morgan fingerprint density at radius 3 is 2.67 bits per heavy atom. The van der Waals surface area contributed by atoms with Crippen molar-refractivity contribution in [3.8, 4) is 0 Å². The van der Waals surface area contributed by atoms with Crippen molar-refractivity contribution < 1.29 is 14.6 Å². The van der Waals surface area contributed by atoms with Crippen LogP contribution in [0, 0.1) is 46.3 Å². The molecule has 0 radical (unpaired) electrons. The predicted molar refractivity (Wildman–Crippen MR) is 116 cm³/mol. The van der Waals surface area contributed by atoms with Gasteiger partial charge in [0.25, 0.3) is 0 Å². The number of piperidine rings is 1. The van der Waals surface area contributed by atoms with E-state index in [0.717, 1.165) is 45.1 Å². The number of fused-ring (bicyclic) bond motifs is 7. The van der Waals surface area contributed by atoms with Gasteiger partial charge >= 0.3 is 0 Å². The molecule has 4 heteroatoms. The number of rotatable bonds is 0. The molecule has 4 nitrogen and oxygen atoms in total. The molecule has 6 rings (SSSR count). The molecule has 11 atom stereocenters. The monoisotopic (exact) mass is 415 g/mol. The summed E-state index contributed by atoms with van der Waals surface area (Å²) in [6, 6.07) is 0. The molecule has 0 aromatic carbocycles. The molecule has 2 saturated heterocycles. The third kappa shape index (κ3) is 2.42. The van der Waals surface area contributed by atoms with Crippen LogP contribution in [0.1, 0.15) is 85.0 Å². The zero-order valence-electron chi connectivity index (χ0n) is 19.2. The zero-order valence-corrected chi connectivity index (χ0v) is 19.2. The molecule has 168 valence electrons. The molecule has 0 aromatic rings. The number of aliphatic hydroxyl groups excluding tert-OH is 1. The number of Topliss-reactive ketones (excluding diaryl/α,β-unsaturated/α-hetero) is 1. The van der Waals surface area contributed by atoms with Gasteiger partial charge in [0.05, 0.1) is 12.2 Å². The first-order valence-corrected chi connectivity index (χ1v) is 12.9. The van der Waals surface area contributed by atoms with Crippen molar-refractivity contribution in [2.24, 2.45) is 46.3 Å². The van der Waals surface area contributed by atoms with Gasteiger partial charge in [-0.25, -0.2) is 0 Å². The van der Waals surface area contributed by atoms with Crippen molar-refractivity contribution in [3.63, 3.8) is 0 Å². The molecule has 30 heavy (non-hydrogen) atoms. The summed E-state index contributed by atoms with van der Waals surface area (Å²) in [5, 5.41) is 14.0. The van der Waals surface area contributed by atoms with Crippen molar-refractivity contribution in [2.75, 3.05) is 6.54 Å². The number of ether oxygens (including phenoxy) is 1. The number of ketones is 1. The maximum atomic E-state index is 14.0. The molecule has 0 amide bonds. The summed E-state index contributed by atoms with van der Waals surface area (Å²) < 4.78 is 6.86. The maximum Gasteiger partial charge on any atom is 0.139 e. The quantitative estimate of drug-likeness (QED) is 0.619. The van der Waals surface area contributed by atoms with Gasteiger partial charge < -0.3 is 9.84 Å². The Hall–Kier alpha value is -0.450. The molecule has 5 unspecified atom stereocenters. The number of hydrogen-bond donors (Lipinski definition) is 2. The number of nitrogens with one attached hydrogen (secondary N) is 1. The minimum atomic E-state index is -0.203. The van der Waals surface area contributed by atoms with E-state index < -0.39 is 0 Å². The molecular formula is C26H41NO3. The van der Waals surface area contributed by atoms with Gasteiger partial charge in [-0.2, -0.15) is 0 Å². The summed E-state index contributed by atoms with van der Waals surface area (Å²) >= 11 is 0. The van der Waals surface area contributed by atoms with Crippen LogP contribution >= 0.6 is 0 Å². The highest BCUT2D eigenvalue weighted by Crippen LogP contribution is 2.69. The fraction of sp³-hybridized carbons (Fsp3) is 0.962. The average molecular weight is 416 g/mol. The van der Waals surface area contributed by atoms with E-state index in [1.54, 1.807) is 0 Å². The normalized spacial score (nSPS) is 60.1. The molecule has 2 aliphatic heterocycles. The number of carbonyl (C=O) groups excluding carboxylic acids is 1. The smallest absolute Gasteiger partial charge is 0.139 e. The Balaban J connectivity index is 1.32. The maximum absolute atomic E-state index is 14.0. The summed E-state index contributed by atoms with van der Waals surface area (Å²) in [4.78, 5) is 14.0. The van der Waals surface area contributed by atoms with Crippen molar-refractivity contribution in [2.45, 2.75) is 103 Å². The fourth-order valence-electron chi connectivity index (χ4n) is 10.0. The van der Waals surface area contributed by atoms with Crippen LogP contribution in [-0.2, 0) is 9.53 Å². The fourth-order valence-corrected chi connectivity index (χ4v) is 10.0. The van der Waals surface area contributed by atoms with Crippen LogP contribution in [0.15, 0.2) is 0 Å². The van der Waals surface area contributed by atoms with E-state index in [-0.39, 0.29) is 28.8 Å². The average Bonchev–Trinajstić information content (AvgIpc) is 3.16. The standard InChI is InChI=1S/C26H41NO3/c1-15-23-21(30-26(15)9-4-5-11-27-26)13-20-18-7-6-16-12-17(28)8-10-24(16,2)19(18)14-22(29)25(20,23)3/h15-21,23,27-28H,4-14H2,1-3H3/t15-,16-,17-,18?,19?,20?,21?,23?,24-,25+,26+/m0/s1. The minimum Gasteiger partial charge on any atom is -0.393 e. The highest BCUT2D eigenvalue weighted by molar-refractivity contribution is 5.87. The molecule has 2 heterocycles. The first-order chi connectivity index (χ1) is 14.3. The van der Waals surface area contributed by atoms with Crippen LogP contribution in [0.25, 0.3) is 0 Å². The predicted octanol–water partition coefficient (Wildman–Crippen LogP) is 4.30. The van der Waals surface area contributed by atoms with Gasteiger partial charge in [0.2, 0.25) is 0 Å². The van der Waals surface area contributed by atoms with Gasteiger partial charge in [-0.15, -0.1) is 0 Å². The second-order valence-electron chi connectivity index (χ2n) is 12.5. The summed E-state index contributed by atoms with van der Waals surface area (Å²) in [5.41, 5.74) is -0.136. The van der Waals surface area contributed by atoms with Gasteiger partial charge in [-0.05, 0) is 93.4 Å². The molecule has 4 saturated carbocycles. The van der Waals surface area contributed by atoms with E-state index in [1.807, 2.05) is 0 Å². The Kier molecular flexibility index (Phi) is 4.40. The van der Waals surface area contributed by atoms with Gasteiger partial charge in [-0.1, -0.05) is 20.8 Å². The number of aliphatic hydroxyl groups is 1. The second kappa shape index (κ2) is 6.54. The third-order valence-corrected chi connectivity index (χ3v) is 11.6. The van der Waals surface area contributed by atoms with Gasteiger partial charge in [0.15, 0.2) is 0 Å². The molecule has 4 aliphatic carbocycles. The Labute approximate surface area is 181 Å². The second-order valence-corrected chi connectivity index (χ2v) is 12.5.